The molecule has 0 saturated heterocycles. The lowest BCUT2D eigenvalue weighted by Gasteiger charge is -2.19. The average molecular weight is 376 g/mol. The Hall–Kier alpha value is -2.20. The van der Waals surface area contributed by atoms with Crippen LogP contribution >= 0.6 is 11.6 Å². The van der Waals surface area contributed by atoms with Crippen LogP contribution in [0.1, 0.15) is 30.0 Å². The highest BCUT2D eigenvalue weighted by Gasteiger charge is 2.19. The standard InChI is InChI=1S/C21H26ClNO3/c1-5-19(26-20-8-6-7-14(2)16(20)4)21(24)23-11-12-25-17-10-9-15(3)18(22)13-17/h6-10,13,19H,5,11-12H2,1-4H3,(H,23,24)/t19-/m1/s1. The molecule has 0 aromatic heterocycles. The lowest BCUT2D eigenvalue weighted by molar-refractivity contribution is -0.128. The number of benzene rings is 2. The number of amides is 1. The summed E-state index contributed by atoms with van der Waals surface area (Å²) >= 11 is 6.07. The van der Waals surface area contributed by atoms with Crippen LogP contribution in [0, 0.1) is 20.8 Å². The van der Waals surface area contributed by atoms with Gasteiger partial charge in [-0.1, -0.05) is 36.7 Å². The van der Waals surface area contributed by atoms with Crippen LogP contribution in [0.3, 0.4) is 0 Å². The van der Waals surface area contributed by atoms with Crippen LogP contribution in [0.5, 0.6) is 11.5 Å². The Morgan fingerprint density at radius 1 is 1.15 bits per heavy atom. The van der Waals surface area contributed by atoms with E-state index >= 15 is 0 Å². The average Bonchev–Trinajstić information content (AvgIpc) is 2.62. The minimum atomic E-state index is -0.524. The summed E-state index contributed by atoms with van der Waals surface area (Å²) < 4.78 is 11.5. The van der Waals surface area contributed by atoms with E-state index in [1.165, 1.54) is 0 Å². The third-order valence-electron chi connectivity index (χ3n) is 4.30. The Labute approximate surface area is 160 Å². The first-order valence-corrected chi connectivity index (χ1v) is 9.19. The van der Waals surface area contributed by atoms with E-state index in [2.05, 4.69) is 5.32 Å². The number of carbonyl (C=O) groups excluding carboxylic acids is 1. The molecule has 0 saturated carbocycles. The number of carbonyl (C=O) groups is 1. The number of aryl methyl sites for hydroxylation is 2. The molecule has 4 nitrogen and oxygen atoms in total. The third-order valence-corrected chi connectivity index (χ3v) is 4.71. The van der Waals surface area contributed by atoms with Crippen molar-refractivity contribution in [3.05, 3.63) is 58.1 Å². The zero-order valence-corrected chi connectivity index (χ0v) is 16.5. The van der Waals surface area contributed by atoms with Crippen molar-refractivity contribution < 1.29 is 14.3 Å². The lowest BCUT2D eigenvalue weighted by Crippen LogP contribution is -2.39. The Bertz CT molecular complexity index is 761. The van der Waals surface area contributed by atoms with Gasteiger partial charge < -0.3 is 14.8 Å². The Morgan fingerprint density at radius 3 is 2.62 bits per heavy atom. The smallest absolute Gasteiger partial charge is 0.261 e. The molecule has 0 aliphatic rings. The van der Waals surface area contributed by atoms with Gasteiger partial charge in [-0.05, 0) is 62.1 Å². The molecule has 1 amide bonds. The Morgan fingerprint density at radius 2 is 1.92 bits per heavy atom. The summed E-state index contributed by atoms with van der Waals surface area (Å²) in [5.41, 5.74) is 3.20. The van der Waals surface area contributed by atoms with Crippen LogP contribution < -0.4 is 14.8 Å². The summed E-state index contributed by atoms with van der Waals surface area (Å²) in [5.74, 6) is 1.30. The molecule has 0 aliphatic carbocycles. The van der Waals surface area contributed by atoms with Crippen molar-refractivity contribution in [1.82, 2.24) is 5.32 Å². The van der Waals surface area contributed by atoms with Crippen molar-refractivity contribution in [1.29, 1.82) is 0 Å². The first-order chi connectivity index (χ1) is 12.4. The van der Waals surface area contributed by atoms with Crippen molar-refractivity contribution in [2.45, 2.75) is 40.2 Å². The second-order valence-electron chi connectivity index (χ2n) is 6.26. The van der Waals surface area contributed by atoms with E-state index in [0.717, 1.165) is 22.4 Å². The van der Waals surface area contributed by atoms with Crippen molar-refractivity contribution in [2.24, 2.45) is 0 Å². The number of rotatable bonds is 8. The van der Waals surface area contributed by atoms with Gasteiger partial charge in [-0.2, -0.15) is 0 Å². The van der Waals surface area contributed by atoms with E-state index in [0.29, 0.717) is 30.3 Å². The van der Waals surface area contributed by atoms with E-state index in [4.69, 9.17) is 21.1 Å². The van der Waals surface area contributed by atoms with Gasteiger partial charge in [-0.25, -0.2) is 0 Å². The van der Waals surface area contributed by atoms with Crippen LogP contribution in [-0.4, -0.2) is 25.2 Å². The van der Waals surface area contributed by atoms with Gasteiger partial charge in [0.15, 0.2) is 6.10 Å². The first-order valence-electron chi connectivity index (χ1n) is 8.82. The minimum Gasteiger partial charge on any atom is -0.492 e. The highest BCUT2D eigenvalue weighted by atomic mass is 35.5. The molecule has 0 bridgehead atoms. The van der Waals surface area contributed by atoms with Gasteiger partial charge in [0, 0.05) is 5.02 Å². The third kappa shape index (κ3) is 5.40. The molecule has 0 radical (unpaired) electrons. The maximum Gasteiger partial charge on any atom is 0.261 e. The second kappa shape index (κ2) is 9.48. The van der Waals surface area contributed by atoms with Crippen molar-refractivity contribution in [2.75, 3.05) is 13.2 Å². The molecular formula is C21H26ClNO3. The molecule has 140 valence electrons. The molecule has 0 spiro atoms. The molecule has 2 aromatic rings. The van der Waals surface area contributed by atoms with Gasteiger partial charge in [0.25, 0.3) is 5.91 Å². The zero-order chi connectivity index (χ0) is 19.1. The van der Waals surface area contributed by atoms with Crippen LogP contribution in [0.4, 0.5) is 0 Å². The van der Waals surface area contributed by atoms with Gasteiger partial charge in [0.2, 0.25) is 0 Å². The van der Waals surface area contributed by atoms with E-state index in [1.54, 1.807) is 6.07 Å². The second-order valence-corrected chi connectivity index (χ2v) is 6.67. The summed E-state index contributed by atoms with van der Waals surface area (Å²) in [6.07, 6.45) is 0.0671. The Kier molecular flexibility index (Phi) is 7.34. The van der Waals surface area contributed by atoms with Crippen molar-refractivity contribution in [3.8, 4) is 11.5 Å². The summed E-state index contributed by atoms with van der Waals surface area (Å²) in [5, 5.41) is 3.53. The SMILES string of the molecule is CC[C@@H](Oc1cccc(C)c1C)C(=O)NCCOc1ccc(C)c(Cl)c1. The topological polar surface area (TPSA) is 47.6 Å². The monoisotopic (exact) mass is 375 g/mol. The molecular weight excluding hydrogens is 350 g/mol. The predicted molar refractivity (Wildman–Crippen MR) is 105 cm³/mol. The summed E-state index contributed by atoms with van der Waals surface area (Å²) in [4.78, 5) is 12.4. The molecule has 1 atom stereocenters. The normalized spacial score (nSPS) is 11.7. The highest BCUT2D eigenvalue weighted by Crippen LogP contribution is 2.23. The van der Waals surface area contributed by atoms with E-state index in [1.807, 2.05) is 58.0 Å². The first kappa shape index (κ1) is 20.1. The van der Waals surface area contributed by atoms with Crippen molar-refractivity contribution >= 4 is 17.5 Å². The fourth-order valence-electron chi connectivity index (χ4n) is 2.45. The molecule has 0 fully saturated rings. The fourth-order valence-corrected chi connectivity index (χ4v) is 2.62. The van der Waals surface area contributed by atoms with Crippen LogP contribution in [0.15, 0.2) is 36.4 Å². The van der Waals surface area contributed by atoms with Gasteiger partial charge in [0.05, 0.1) is 6.54 Å². The summed E-state index contributed by atoms with van der Waals surface area (Å²) in [6.45, 7) is 8.66. The van der Waals surface area contributed by atoms with E-state index < -0.39 is 6.10 Å². The molecule has 26 heavy (non-hydrogen) atoms. The molecule has 5 heteroatoms. The molecule has 2 rings (SSSR count). The van der Waals surface area contributed by atoms with Gasteiger partial charge in [-0.15, -0.1) is 0 Å². The van der Waals surface area contributed by atoms with E-state index in [9.17, 15) is 4.79 Å². The molecule has 0 unspecified atom stereocenters. The lowest BCUT2D eigenvalue weighted by atomic mass is 10.1. The number of hydrogen-bond acceptors (Lipinski definition) is 3. The maximum atomic E-state index is 12.4. The van der Waals surface area contributed by atoms with Gasteiger partial charge >= 0.3 is 0 Å². The molecule has 2 aromatic carbocycles. The largest absolute Gasteiger partial charge is 0.492 e. The highest BCUT2D eigenvalue weighted by molar-refractivity contribution is 6.31. The molecule has 0 aliphatic heterocycles. The summed E-state index contributed by atoms with van der Waals surface area (Å²) in [6, 6.07) is 11.4. The Balaban J connectivity index is 1.83. The van der Waals surface area contributed by atoms with Crippen molar-refractivity contribution in [3.63, 3.8) is 0 Å². The van der Waals surface area contributed by atoms with Crippen LogP contribution in [-0.2, 0) is 4.79 Å². The van der Waals surface area contributed by atoms with Crippen LogP contribution in [0.25, 0.3) is 0 Å². The van der Waals surface area contributed by atoms with Gasteiger partial charge in [0.1, 0.15) is 18.1 Å². The number of ether oxygens (including phenoxy) is 2. The van der Waals surface area contributed by atoms with Gasteiger partial charge in [-0.3, -0.25) is 4.79 Å². The number of hydrogen-bond donors (Lipinski definition) is 1. The fraction of sp³-hybridized carbons (Fsp3) is 0.381. The molecule has 0 heterocycles. The minimum absolute atomic E-state index is 0.140. The predicted octanol–water partition coefficient (Wildman–Crippen LogP) is 4.62. The zero-order valence-electron chi connectivity index (χ0n) is 15.8. The number of nitrogens with one attached hydrogen (secondary N) is 1. The maximum absolute atomic E-state index is 12.4. The van der Waals surface area contributed by atoms with Crippen LogP contribution in [0.2, 0.25) is 5.02 Å². The quantitative estimate of drug-likeness (QED) is 0.685. The number of halogens is 1. The molecule has 1 N–H and O–H groups in total. The summed E-state index contributed by atoms with van der Waals surface area (Å²) in [7, 11) is 0. The van der Waals surface area contributed by atoms with E-state index in [-0.39, 0.29) is 5.91 Å².